The minimum atomic E-state index is -3.92. The van der Waals surface area contributed by atoms with Crippen molar-refractivity contribution in [1.29, 1.82) is 0 Å². The topological polar surface area (TPSA) is 72.5 Å². The molecule has 0 aliphatic heterocycles. The Morgan fingerprint density at radius 1 is 1.04 bits per heavy atom. The summed E-state index contributed by atoms with van der Waals surface area (Å²) in [6.45, 7) is 0. The highest BCUT2D eigenvalue weighted by Gasteiger charge is 2.20. The summed E-state index contributed by atoms with van der Waals surface area (Å²) in [6.07, 6.45) is 0.708. The molecule has 0 saturated carbocycles. The zero-order chi connectivity index (χ0) is 18.1. The molecule has 0 radical (unpaired) electrons. The molecule has 24 heavy (non-hydrogen) atoms. The third kappa shape index (κ3) is 4.80. The monoisotopic (exact) mass is 395 g/mol. The quantitative estimate of drug-likeness (QED) is 0.855. The third-order valence-corrected chi connectivity index (χ3v) is 3.60. The van der Waals surface area contributed by atoms with E-state index >= 15 is 0 Å². The lowest BCUT2D eigenvalue weighted by molar-refractivity contribution is 0.0977. The van der Waals surface area contributed by atoms with Crippen LogP contribution < -0.4 is 9.46 Å². The molecule has 1 amide bonds. The smallest absolute Gasteiger partial charge is 0.267 e. The van der Waals surface area contributed by atoms with Gasteiger partial charge in [0.05, 0.1) is 11.8 Å². The SMILES string of the molecule is CS(=O)(=O)NC(=O)c1cc(F)c(Oc2cc(Cl)cc(Cl)c2)cc1F. The van der Waals surface area contributed by atoms with Gasteiger partial charge in [-0.2, -0.15) is 0 Å². The number of nitrogens with one attached hydrogen (secondary N) is 1. The van der Waals surface area contributed by atoms with Gasteiger partial charge in [0, 0.05) is 16.1 Å². The Labute approximate surface area is 146 Å². The summed E-state index contributed by atoms with van der Waals surface area (Å²) < 4.78 is 56.6. The summed E-state index contributed by atoms with van der Waals surface area (Å²) in [7, 11) is -3.92. The molecule has 0 aliphatic carbocycles. The zero-order valence-electron chi connectivity index (χ0n) is 11.9. The van der Waals surface area contributed by atoms with Crippen molar-refractivity contribution in [3.8, 4) is 11.5 Å². The van der Waals surface area contributed by atoms with Crippen molar-refractivity contribution in [1.82, 2.24) is 4.72 Å². The summed E-state index contributed by atoms with van der Waals surface area (Å²) in [5, 5.41) is 0.449. The molecule has 0 aliphatic rings. The van der Waals surface area contributed by atoms with Crippen LogP contribution in [-0.2, 0) is 10.0 Å². The number of benzene rings is 2. The highest BCUT2D eigenvalue weighted by Crippen LogP contribution is 2.31. The van der Waals surface area contributed by atoms with Crippen LogP contribution >= 0.6 is 23.2 Å². The Balaban J connectivity index is 2.34. The van der Waals surface area contributed by atoms with Crippen LogP contribution in [0, 0.1) is 11.6 Å². The van der Waals surface area contributed by atoms with Gasteiger partial charge in [0.2, 0.25) is 10.0 Å². The molecule has 0 atom stereocenters. The van der Waals surface area contributed by atoms with Gasteiger partial charge >= 0.3 is 0 Å². The molecular formula is C14H9Cl2F2NO4S. The van der Waals surface area contributed by atoms with Crippen LogP contribution in [0.25, 0.3) is 0 Å². The number of halogens is 4. The Bertz CT molecular complexity index is 899. The van der Waals surface area contributed by atoms with E-state index in [-0.39, 0.29) is 15.8 Å². The second kappa shape index (κ2) is 6.92. The predicted molar refractivity (Wildman–Crippen MR) is 85.2 cm³/mol. The number of hydrogen-bond acceptors (Lipinski definition) is 4. The highest BCUT2D eigenvalue weighted by atomic mass is 35.5. The number of hydrogen-bond donors (Lipinski definition) is 1. The van der Waals surface area contributed by atoms with E-state index in [1.54, 1.807) is 0 Å². The maximum absolute atomic E-state index is 14.0. The van der Waals surface area contributed by atoms with E-state index in [0.29, 0.717) is 18.4 Å². The Hall–Kier alpha value is -1.90. The molecule has 1 N–H and O–H groups in total. The number of rotatable bonds is 4. The van der Waals surface area contributed by atoms with Gasteiger partial charge in [-0.25, -0.2) is 21.9 Å². The van der Waals surface area contributed by atoms with Crippen LogP contribution in [0.4, 0.5) is 8.78 Å². The summed E-state index contributed by atoms with van der Waals surface area (Å²) in [6, 6.07) is 5.22. The van der Waals surface area contributed by atoms with Crippen molar-refractivity contribution in [3.63, 3.8) is 0 Å². The summed E-state index contributed by atoms with van der Waals surface area (Å²) in [5.74, 6) is -4.01. The first-order chi connectivity index (χ1) is 11.0. The molecule has 0 unspecified atom stereocenters. The van der Waals surface area contributed by atoms with Gasteiger partial charge in [0.15, 0.2) is 11.6 Å². The van der Waals surface area contributed by atoms with E-state index in [4.69, 9.17) is 27.9 Å². The highest BCUT2D eigenvalue weighted by molar-refractivity contribution is 7.89. The van der Waals surface area contributed by atoms with Crippen LogP contribution in [0.5, 0.6) is 11.5 Å². The van der Waals surface area contributed by atoms with Gasteiger partial charge in [0.1, 0.15) is 11.6 Å². The predicted octanol–water partition coefficient (Wildman–Crippen LogP) is 3.75. The van der Waals surface area contributed by atoms with Crippen LogP contribution in [0.15, 0.2) is 30.3 Å². The fraction of sp³-hybridized carbons (Fsp3) is 0.0714. The number of ether oxygens (including phenoxy) is 1. The fourth-order valence-corrected chi connectivity index (χ4v) is 2.67. The summed E-state index contributed by atoms with van der Waals surface area (Å²) in [4.78, 5) is 11.6. The van der Waals surface area contributed by atoms with E-state index in [1.807, 2.05) is 0 Å². The van der Waals surface area contributed by atoms with Crippen LogP contribution in [0.2, 0.25) is 10.0 Å². The Kier molecular flexibility index (Phi) is 5.32. The van der Waals surface area contributed by atoms with Gasteiger partial charge < -0.3 is 4.74 Å². The molecule has 0 aromatic heterocycles. The largest absolute Gasteiger partial charge is 0.454 e. The van der Waals surface area contributed by atoms with E-state index in [1.165, 1.54) is 22.9 Å². The van der Waals surface area contributed by atoms with E-state index in [2.05, 4.69) is 0 Å². The molecule has 0 bridgehead atoms. The number of sulfonamides is 1. The van der Waals surface area contributed by atoms with Crippen molar-refractivity contribution < 1.29 is 26.7 Å². The first kappa shape index (κ1) is 18.4. The van der Waals surface area contributed by atoms with Crippen molar-refractivity contribution in [3.05, 3.63) is 57.6 Å². The van der Waals surface area contributed by atoms with Gasteiger partial charge in [-0.1, -0.05) is 23.2 Å². The molecule has 2 rings (SSSR count). The molecule has 2 aromatic carbocycles. The van der Waals surface area contributed by atoms with Gasteiger partial charge in [0.25, 0.3) is 5.91 Å². The molecule has 0 saturated heterocycles. The Morgan fingerprint density at radius 3 is 2.17 bits per heavy atom. The molecule has 0 fully saturated rings. The lowest BCUT2D eigenvalue weighted by Crippen LogP contribution is -2.30. The van der Waals surface area contributed by atoms with Crippen molar-refractivity contribution in [2.75, 3.05) is 6.26 Å². The fourth-order valence-electron chi connectivity index (χ4n) is 1.72. The normalized spacial score (nSPS) is 11.2. The molecule has 128 valence electrons. The standard InChI is InChI=1S/C14H9Cl2F2NO4S/c1-24(21,22)19-14(20)10-5-12(18)13(6-11(10)17)23-9-3-7(15)2-8(16)4-9/h2-6H,1H3,(H,19,20). The maximum atomic E-state index is 14.0. The first-order valence-electron chi connectivity index (χ1n) is 6.20. The van der Waals surface area contributed by atoms with Crippen LogP contribution in [0.1, 0.15) is 10.4 Å². The van der Waals surface area contributed by atoms with Gasteiger partial charge in [-0.15, -0.1) is 0 Å². The minimum Gasteiger partial charge on any atom is -0.454 e. The van der Waals surface area contributed by atoms with Gasteiger partial charge in [-0.3, -0.25) is 4.79 Å². The minimum absolute atomic E-state index is 0.0548. The van der Waals surface area contributed by atoms with Gasteiger partial charge in [-0.05, 0) is 24.3 Å². The Morgan fingerprint density at radius 2 is 1.62 bits per heavy atom. The second-order valence-electron chi connectivity index (χ2n) is 4.67. The molecule has 2 aromatic rings. The van der Waals surface area contributed by atoms with Crippen molar-refractivity contribution >= 4 is 39.1 Å². The number of amides is 1. The average Bonchev–Trinajstić information content (AvgIpc) is 2.39. The molecule has 5 nitrogen and oxygen atoms in total. The molecule has 0 spiro atoms. The van der Waals surface area contributed by atoms with E-state index < -0.39 is 38.9 Å². The number of carbonyl (C=O) groups is 1. The summed E-state index contributed by atoms with van der Waals surface area (Å²) >= 11 is 11.5. The summed E-state index contributed by atoms with van der Waals surface area (Å²) in [5.41, 5.74) is -0.783. The third-order valence-electron chi connectivity index (χ3n) is 2.61. The average molecular weight is 396 g/mol. The first-order valence-corrected chi connectivity index (χ1v) is 8.85. The van der Waals surface area contributed by atoms with Crippen LogP contribution in [-0.4, -0.2) is 20.6 Å². The molecular weight excluding hydrogens is 387 g/mol. The molecule has 10 heteroatoms. The van der Waals surface area contributed by atoms with Crippen molar-refractivity contribution in [2.24, 2.45) is 0 Å². The van der Waals surface area contributed by atoms with E-state index in [0.717, 1.165) is 0 Å². The number of carbonyl (C=O) groups excluding carboxylic acids is 1. The van der Waals surface area contributed by atoms with Crippen molar-refractivity contribution in [2.45, 2.75) is 0 Å². The van der Waals surface area contributed by atoms with E-state index in [9.17, 15) is 22.0 Å². The maximum Gasteiger partial charge on any atom is 0.267 e. The lowest BCUT2D eigenvalue weighted by Gasteiger charge is -2.10. The zero-order valence-corrected chi connectivity index (χ0v) is 14.3. The second-order valence-corrected chi connectivity index (χ2v) is 7.29. The lowest BCUT2D eigenvalue weighted by atomic mass is 10.2. The van der Waals surface area contributed by atoms with Crippen LogP contribution in [0.3, 0.4) is 0 Å². The molecule has 0 heterocycles.